The van der Waals surface area contributed by atoms with E-state index in [1.54, 1.807) is 0 Å². The quantitative estimate of drug-likeness (QED) is 0.830. The van der Waals surface area contributed by atoms with Crippen molar-refractivity contribution in [2.45, 2.75) is 38.3 Å². The molecule has 2 rings (SSSR count). The molecule has 0 saturated carbocycles. The van der Waals surface area contributed by atoms with Gasteiger partial charge >= 0.3 is 0 Å². The molecular weight excluding hydrogens is 243 g/mol. The molecule has 1 unspecified atom stereocenters. The Morgan fingerprint density at radius 3 is 3.05 bits per heavy atom. The maximum absolute atomic E-state index is 13.1. The molecule has 0 aliphatic carbocycles. The molecule has 0 bridgehead atoms. The molecule has 1 aromatic carbocycles. The minimum atomic E-state index is -0.300. The van der Waals surface area contributed by atoms with Gasteiger partial charge in [-0.25, -0.2) is 4.39 Å². The molecule has 0 amide bonds. The average molecular weight is 262 g/mol. The number of benzene rings is 1. The summed E-state index contributed by atoms with van der Waals surface area (Å²) >= 11 is 0. The van der Waals surface area contributed by atoms with Crippen molar-refractivity contribution in [1.29, 1.82) is 5.26 Å². The van der Waals surface area contributed by atoms with Crippen LogP contribution < -0.4 is 5.32 Å². The summed E-state index contributed by atoms with van der Waals surface area (Å²) in [6.07, 6.45) is 4.86. The van der Waals surface area contributed by atoms with Crippen molar-refractivity contribution in [2.24, 2.45) is 0 Å². The first-order chi connectivity index (χ1) is 9.29. The number of nitriles is 1. The summed E-state index contributed by atoms with van der Waals surface area (Å²) in [4.78, 5) is 0. The second-order valence-corrected chi connectivity index (χ2v) is 4.87. The molecule has 1 aromatic rings. The van der Waals surface area contributed by atoms with Crippen LogP contribution in [0.4, 0.5) is 4.39 Å². The number of nitrogens with one attached hydrogen (secondary N) is 1. The second-order valence-electron chi connectivity index (χ2n) is 4.87. The molecule has 1 N–H and O–H groups in total. The van der Waals surface area contributed by atoms with Crippen LogP contribution in [0.15, 0.2) is 18.2 Å². The third-order valence-corrected chi connectivity index (χ3v) is 3.42. The van der Waals surface area contributed by atoms with Crippen LogP contribution in [0.5, 0.6) is 0 Å². The lowest BCUT2D eigenvalue weighted by Gasteiger charge is -2.22. The maximum Gasteiger partial charge on any atom is 0.123 e. The molecule has 1 saturated heterocycles. The van der Waals surface area contributed by atoms with E-state index < -0.39 is 0 Å². The Labute approximate surface area is 113 Å². The zero-order valence-electron chi connectivity index (χ0n) is 11.0. The van der Waals surface area contributed by atoms with Gasteiger partial charge in [-0.1, -0.05) is 0 Å². The Morgan fingerprint density at radius 1 is 1.42 bits per heavy atom. The van der Waals surface area contributed by atoms with Gasteiger partial charge in [0.2, 0.25) is 0 Å². The van der Waals surface area contributed by atoms with Gasteiger partial charge in [0.1, 0.15) is 5.82 Å². The number of halogens is 1. The van der Waals surface area contributed by atoms with Crippen LogP contribution in [0.25, 0.3) is 0 Å². The van der Waals surface area contributed by atoms with Crippen LogP contribution in [-0.2, 0) is 11.3 Å². The molecular formula is C15H19FN2O. The molecule has 1 atom stereocenters. The number of rotatable bonds is 5. The van der Waals surface area contributed by atoms with E-state index in [1.807, 2.05) is 0 Å². The summed E-state index contributed by atoms with van der Waals surface area (Å²) in [5.74, 6) is -0.300. The van der Waals surface area contributed by atoms with Crippen LogP contribution in [0, 0.1) is 17.1 Å². The van der Waals surface area contributed by atoms with Crippen molar-refractivity contribution >= 4 is 0 Å². The molecule has 0 spiro atoms. The first-order valence-electron chi connectivity index (χ1n) is 6.80. The Bertz CT molecular complexity index is 450. The van der Waals surface area contributed by atoms with Gasteiger partial charge < -0.3 is 10.1 Å². The highest BCUT2D eigenvalue weighted by Crippen LogP contribution is 2.15. The zero-order valence-corrected chi connectivity index (χ0v) is 11.0. The van der Waals surface area contributed by atoms with Crippen LogP contribution in [0.3, 0.4) is 0 Å². The molecule has 1 fully saturated rings. The highest BCUT2D eigenvalue weighted by molar-refractivity contribution is 5.37. The maximum atomic E-state index is 13.1. The molecule has 0 radical (unpaired) electrons. The van der Waals surface area contributed by atoms with Crippen LogP contribution in [0.1, 0.15) is 36.8 Å². The SMILES string of the molecule is N#Cc1ccc(F)cc1CNCCC1CCCCO1. The second kappa shape index (κ2) is 7.22. The summed E-state index contributed by atoms with van der Waals surface area (Å²) < 4.78 is 18.8. The minimum Gasteiger partial charge on any atom is -0.378 e. The number of hydrogen-bond donors (Lipinski definition) is 1. The van der Waals surface area contributed by atoms with E-state index in [0.29, 0.717) is 23.8 Å². The fraction of sp³-hybridized carbons (Fsp3) is 0.533. The Balaban J connectivity index is 1.76. The average Bonchev–Trinajstić information content (AvgIpc) is 2.45. The van der Waals surface area contributed by atoms with Gasteiger partial charge in [0.05, 0.1) is 17.7 Å². The summed E-state index contributed by atoms with van der Waals surface area (Å²) in [5.41, 5.74) is 1.25. The first-order valence-corrected chi connectivity index (χ1v) is 6.80. The van der Waals surface area contributed by atoms with Crippen molar-refractivity contribution < 1.29 is 9.13 Å². The summed E-state index contributed by atoms with van der Waals surface area (Å²) in [6.45, 7) is 2.21. The van der Waals surface area contributed by atoms with Crippen LogP contribution >= 0.6 is 0 Å². The van der Waals surface area contributed by atoms with E-state index in [1.165, 1.54) is 31.0 Å². The van der Waals surface area contributed by atoms with Crippen molar-refractivity contribution in [3.8, 4) is 6.07 Å². The third kappa shape index (κ3) is 4.30. The summed E-state index contributed by atoms with van der Waals surface area (Å²) in [5, 5.41) is 12.2. The molecule has 1 aliphatic rings. The number of nitrogens with zero attached hydrogens (tertiary/aromatic N) is 1. The van der Waals surface area contributed by atoms with Gasteiger partial charge in [0, 0.05) is 13.2 Å². The Kier molecular flexibility index (Phi) is 5.31. The standard InChI is InChI=1S/C15H19FN2O/c16-14-5-4-12(10-17)13(9-14)11-18-7-6-15-3-1-2-8-19-15/h4-5,9,15,18H,1-3,6-8,11H2. The van der Waals surface area contributed by atoms with Gasteiger partial charge in [-0.2, -0.15) is 5.26 Å². The van der Waals surface area contributed by atoms with Gasteiger partial charge in [0.15, 0.2) is 0 Å². The number of hydrogen-bond acceptors (Lipinski definition) is 3. The lowest BCUT2D eigenvalue weighted by atomic mass is 10.1. The molecule has 19 heavy (non-hydrogen) atoms. The summed E-state index contributed by atoms with van der Waals surface area (Å²) in [6, 6.07) is 6.34. The van der Waals surface area contributed by atoms with E-state index in [4.69, 9.17) is 10.00 Å². The highest BCUT2D eigenvalue weighted by Gasteiger charge is 2.13. The van der Waals surface area contributed by atoms with Gasteiger partial charge in [-0.3, -0.25) is 0 Å². The van der Waals surface area contributed by atoms with E-state index in [2.05, 4.69) is 11.4 Å². The topological polar surface area (TPSA) is 45.0 Å². The predicted molar refractivity (Wildman–Crippen MR) is 71.0 cm³/mol. The fourth-order valence-electron chi connectivity index (χ4n) is 2.34. The molecule has 1 heterocycles. The predicted octanol–water partition coefficient (Wildman–Crippen LogP) is 2.75. The minimum absolute atomic E-state index is 0.300. The molecule has 102 valence electrons. The zero-order chi connectivity index (χ0) is 13.5. The highest BCUT2D eigenvalue weighted by atomic mass is 19.1. The van der Waals surface area contributed by atoms with Gasteiger partial charge in [0.25, 0.3) is 0 Å². The van der Waals surface area contributed by atoms with Crippen LogP contribution in [-0.4, -0.2) is 19.3 Å². The largest absolute Gasteiger partial charge is 0.378 e. The monoisotopic (exact) mass is 262 g/mol. The van der Waals surface area contributed by atoms with E-state index in [0.717, 1.165) is 26.0 Å². The molecule has 3 nitrogen and oxygen atoms in total. The van der Waals surface area contributed by atoms with E-state index in [9.17, 15) is 4.39 Å². The van der Waals surface area contributed by atoms with Gasteiger partial charge in [-0.15, -0.1) is 0 Å². The van der Waals surface area contributed by atoms with Crippen molar-refractivity contribution in [3.63, 3.8) is 0 Å². The smallest absolute Gasteiger partial charge is 0.123 e. The first kappa shape index (κ1) is 14.0. The lowest BCUT2D eigenvalue weighted by Crippen LogP contribution is -2.25. The third-order valence-electron chi connectivity index (χ3n) is 3.42. The van der Waals surface area contributed by atoms with Crippen molar-refractivity contribution in [3.05, 3.63) is 35.1 Å². The fourth-order valence-corrected chi connectivity index (χ4v) is 2.34. The molecule has 1 aliphatic heterocycles. The number of ether oxygens (including phenoxy) is 1. The molecule has 4 heteroatoms. The van der Waals surface area contributed by atoms with Crippen LogP contribution in [0.2, 0.25) is 0 Å². The van der Waals surface area contributed by atoms with Gasteiger partial charge in [-0.05, 0) is 56.0 Å². The van der Waals surface area contributed by atoms with Crippen molar-refractivity contribution in [1.82, 2.24) is 5.32 Å². The normalized spacial score (nSPS) is 19.1. The lowest BCUT2D eigenvalue weighted by molar-refractivity contribution is 0.0115. The Morgan fingerprint density at radius 2 is 2.32 bits per heavy atom. The van der Waals surface area contributed by atoms with E-state index in [-0.39, 0.29) is 5.82 Å². The Hall–Kier alpha value is -1.44. The molecule has 0 aromatic heterocycles. The van der Waals surface area contributed by atoms with Crippen molar-refractivity contribution in [2.75, 3.05) is 13.2 Å². The summed E-state index contributed by atoms with van der Waals surface area (Å²) in [7, 11) is 0. The van der Waals surface area contributed by atoms with E-state index >= 15 is 0 Å².